The minimum atomic E-state index is 0.384. The van der Waals surface area contributed by atoms with Crippen LogP contribution in [0.1, 0.15) is 34.1 Å². The van der Waals surface area contributed by atoms with Crippen LogP contribution in [0.4, 0.5) is 0 Å². The van der Waals surface area contributed by atoms with Gasteiger partial charge >= 0.3 is 0 Å². The van der Waals surface area contributed by atoms with Gasteiger partial charge in [0.15, 0.2) is 0 Å². The zero-order valence-electron chi connectivity index (χ0n) is 10.5. The van der Waals surface area contributed by atoms with Gasteiger partial charge in [-0.25, -0.2) is 0 Å². The van der Waals surface area contributed by atoms with Crippen LogP contribution in [0.25, 0.3) is 0 Å². The van der Waals surface area contributed by atoms with Gasteiger partial charge in [0.1, 0.15) is 0 Å². The van der Waals surface area contributed by atoms with Crippen LogP contribution >= 0.6 is 0 Å². The van der Waals surface area contributed by atoms with E-state index in [0.717, 1.165) is 5.92 Å². The van der Waals surface area contributed by atoms with Crippen molar-refractivity contribution in [2.24, 2.45) is 5.92 Å². The van der Waals surface area contributed by atoms with Gasteiger partial charge in [0.25, 0.3) is 0 Å². The van der Waals surface area contributed by atoms with E-state index in [2.05, 4.69) is 44.5 Å². The second kappa shape index (κ2) is 4.63. The van der Waals surface area contributed by atoms with Crippen LogP contribution in [-0.4, -0.2) is 48.6 Å². The molecular weight excluding hydrogens is 172 g/mol. The first kappa shape index (κ1) is 12.0. The van der Waals surface area contributed by atoms with Gasteiger partial charge in [0.2, 0.25) is 0 Å². The molecule has 0 amide bonds. The summed E-state index contributed by atoms with van der Waals surface area (Å²) in [5.74, 6) is 0.796. The lowest BCUT2D eigenvalue weighted by Crippen LogP contribution is -2.54. The van der Waals surface area contributed by atoms with E-state index in [0.29, 0.717) is 5.54 Å². The van der Waals surface area contributed by atoms with Crippen molar-refractivity contribution >= 4 is 0 Å². The van der Waals surface area contributed by atoms with Gasteiger partial charge < -0.3 is 4.90 Å². The Morgan fingerprint density at radius 1 is 1.07 bits per heavy atom. The summed E-state index contributed by atoms with van der Waals surface area (Å²) < 4.78 is 0. The molecule has 1 aliphatic heterocycles. The predicted octanol–water partition coefficient (Wildman–Crippen LogP) is 2.06. The topological polar surface area (TPSA) is 6.48 Å². The Bertz CT molecular complexity index is 167. The molecule has 0 N–H and O–H groups in total. The maximum atomic E-state index is 2.65. The Morgan fingerprint density at radius 3 is 2.00 bits per heavy atom. The summed E-state index contributed by atoms with van der Waals surface area (Å²) in [7, 11) is 2.22. The molecule has 2 nitrogen and oxygen atoms in total. The summed E-state index contributed by atoms with van der Waals surface area (Å²) in [6, 6.07) is 0. The number of hydrogen-bond donors (Lipinski definition) is 0. The molecule has 0 spiro atoms. The Balaban J connectivity index is 2.46. The van der Waals surface area contributed by atoms with Crippen LogP contribution in [0.3, 0.4) is 0 Å². The second-order valence-electron chi connectivity index (χ2n) is 5.70. The summed E-state index contributed by atoms with van der Waals surface area (Å²) in [4.78, 5) is 5.06. The molecule has 1 rings (SSSR count). The van der Waals surface area contributed by atoms with Crippen molar-refractivity contribution in [1.29, 1.82) is 0 Å². The molecule has 0 aromatic rings. The van der Waals surface area contributed by atoms with Crippen molar-refractivity contribution in [3.05, 3.63) is 0 Å². The van der Waals surface area contributed by atoms with E-state index in [1.807, 2.05) is 0 Å². The summed E-state index contributed by atoms with van der Waals surface area (Å²) >= 11 is 0. The third-order valence-corrected chi connectivity index (χ3v) is 3.27. The van der Waals surface area contributed by atoms with Gasteiger partial charge in [0.05, 0.1) is 0 Å². The standard InChI is InChI=1S/C12H26N2/c1-11(2)10-12(3,4)14-8-6-13(5)7-9-14/h11H,6-10H2,1-5H3. The number of likely N-dealkylation sites (N-methyl/N-ethyl adjacent to an activating group) is 1. The van der Waals surface area contributed by atoms with Gasteiger partial charge in [-0.3, -0.25) is 4.90 Å². The molecule has 2 heteroatoms. The lowest BCUT2D eigenvalue weighted by molar-refractivity contribution is 0.0490. The SMILES string of the molecule is CC(C)CC(C)(C)N1CCN(C)CC1. The zero-order chi connectivity index (χ0) is 10.8. The van der Waals surface area contributed by atoms with Crippen molar-refractivity contribution in [2.45, 2.75) is 39.7 Å². The maximum absolute atomic E-state index is 2.65. The van der Waals surface area contributed by atoms with Crippen molar-refractivity contribution in [2.75, 3.05) is 33.2 Å². The van der Waals surface area contributed by atoms with Crippen molar-refractivity contribution in [3.63, 3.8) is 0 Å². The predicted molar refractivity (Wildman–Crippen MR) is 62.6 cm³/mol. The van der Waals surface area contributed by atoms with E-state index < -0.39 is 0 Å². The number of hydrogen-bond acceptors (Lipinski definition) is 2. The molecule has 0 saturated carbocycles. The van der Waals surface area contributed by atoms with E-state index in [4.69, 9.17) is 0 Å². The highest BCUT2D eigenvalue weighted by Crippen LogP contribution is 2.24. The molecule has 1 aliphatic rings. The summed E-state index contributed by atoms with van der Waals surface area (Å²) in [6.07, 6.45) is 1.30. The fraction of sp³-hybridized carbons (Fsp3) is 1.00. The van der Waals surface area contributed by atoms with Crippen LogP contribution in [0, 0.1) is 5.92 Å². The van der Waals surface area contributed by atoms with Crippen LogP contribution in [0.15, 0.2) is 0 Å². The molecule has 1 fully saturated rings. The average molecular weight is 198 g/mol. The second-order valence-corrected chi connectivity index (χ2v) is 5.70. The molecule has 0 bridgehead atoms. The van der Waals surface area contributed by atoms with Crippen molar-refractivity contribution in [1.82, 2.24) is 9.80 Å². The third kappa shape index (κ3) is 3.25. The molecule has 1 heterocycles. The third-order valence-electron chi connectivity index (χ3n) is 3.27. The first-order valence-corrected chi connectivity index (χ1v) is 5.85. The highest BCUT2D eigenvalue weighted by Gasteiger charge is 2.29. The summed E-state index contributed by atoms with van der Waals surface area (Å²) in [5, 5.41) is 0. The zero-order valence-corrected chi connectivity index (χ0v) is 10.5. The number of piperazine rings is 1. The first-order valence-electron chi connectivity index (χ1n) is 5.85. The van der Waals surface area contributed by atoms with Crippen LogP contribution in [0.2, 0.25) is 0 Å². The summed E-state index contributed by atoms with van der Waals surface area (Å²) in [5.41, 5.74) is 0.384. The highest BCUT2D eigenvalue weighted by atomic mass is 15.3. The monoisotopic (exact) mass is 198 g/mol. The number of nitrogens with zero attached hydrogens (tertiary/aromatic N) is 2. The lowest BCUT2D eigenvalue weighted by atomic mass is 9.90. The van der Waals surface area contributed by atoms with Crippen molar-refractivity contribution < 1.29 is 0 Å². The Morgan fingerprint density at radius 2 is 1.57 bits per heavy atom. The van der Waals surface area contributed by atoms with Gasteiger partial charge in [-0.15, -0.1) is 0 Å². The van der Waals surface area contributed by atoms with Crippen molar-refractivity contribution in [3.8, 4) is 0 Å². The quantitative estimate of drug-likeness (QED) is 0.685. The molecule has 84 valence electrons. The van der Waals surface area contributed by atoms with Crippen LogP contribution in [-0.2, 0) is 0 Å². The van der Waals surface area contributed by atoms with Crippen LogP contribution < -0.4 is 0 Å². The molecule has 0 radical (unpaired) electrons. The van der Waals surface area contributed by atoms with E-state index in [1.54, 1.807) is 0 Å². The van der Waals surface area contributed by atoms with E-state index >= 15 is 0 Å². The van der Waals surface area contributed by atoms with E-state index in [9.17, 15) is 0 Å². The fourth-order valence-corrected chi connectivity index (χ4v) is 2.54. The Kier molecular flexibility index (Phi) is 3.96. The molecular formula is C12H26N2. The van der Waals surface area contributed by atoms with E-state index in [-0.39, 0.29) is 0 Å². The molecule has 1 saturated heterocycles. The Labute approximate surface area is 89.3 Å². The van der Waals surface area contributed by atoms with Crippen LogP contribution in [0.5, 0.6) is 0 Å². The first-order chi connectivity index (χ1) is 6.42. The molecule has 0 aliphatic carbocycles. The molecule has 0 aromatic carbocycles. The maximum Gasteiger partial charge on any atom is 0.0156 e. The minimum absolute atomic E-state index is 0.384. The molecule has 0 atom stereocenters. The Hall–Kier alpha value is -0.0800. The largest absolute Gasteiger partial charge is 0.304 e. The van der Waals surface area contributed by atoms with E-state index in [1.165, 1.54) is 32.6 Å². The van der Waals surface area contributed by atoms with Gasteiger partial charge in [0, 0.05) is 31.7 Å². The highest BCUT2D eigenvalue weighted by molar-refractivity contribution is 4.85. The molecule has 0 aromatic heterocycles. The van der Waals surface area contributed by atoms with Gasteiger partial charge in [-0.1, -0.05) is 13.8 Å². The van der Waals surface area contributed by atoms with Gasteiger partial charge in [-0.2, -0.15) is 0 Å². The molecule has 14 heavy (non-hydrogen) atoms. The fourth-order valence-electron chi connectivity index (χ4n) is 2.54. The lowest BCUT2D eigenvalue weighted by Gasteiger charge is -2.44. The normalized spacial score (nSPS) is 21.9. The number of rotatable bonds is 3. The molecule has 0 unspecified atom stereocenters. The summed E-state index contributed by atoms with van der Waals surface area (Å²) in [6.45, 7) is 14.3. The average Bonchev–Trinajstić information content (AvgIpc) is 2.02. The smallest absolute Gasteiger partial charge is 0.0156 e. The van der Waals surface area contributed by atoms with Gasteiger partial charge in [-0.05, 0) is 33.2 Å². The minimum Gasteiger partial charge on any atom is -0.304 e.